The summed E-state index contributed by atoms with van der Waals surface area (Å²) in [5.74, 6) is -0.0788. The molecule has 1 saturated heterocycles. The smallest absolute Gasteiger partial charge is 0.249 e. The molecule has 0 aromatic carbocycles. The molecule has 24 heavy (non-hydrogen) atoms. The number of amides is 2. The number of thiazole rings is 1. The quantitative estimate of drug-likeness (QED) is 0.845. The first-order chi connectivity index (χ1) is 11.5. The Morgan fingerprint density at radius 2 is 2.21 bits per heavy atom. The first kappa shape index (κ1) is 17.4. The van der Waals surface area contributed by atoms with Crippen molar-refractivity contribution in [3.05, 3.63) is 21.8 Å². The highest BCUT2D eigenvalue weighted by Gasteiger charge is 2.35. The van der Waals surface area contributed by atoms with Gasteiger partial charge in [0.2, 0.25) is 11.8 Å². The fourth-order valence-electron chi connectivity index (χ4n) is 2.84. The number of carbonyl (C=O) groups excluding carboxylic acids is 2. The van der Waals surface area contributed by atoms with Crippen molar-refractivity contribution in [1.82, 2.24) is 9.88 Å². The van der Waals surface area contributed by atoms with Gasteiger partial charge in [-0.05, 0) is 24.5 Å². The average Bonchev–Trinajstić information content (AvgIpc) is 3.22. The molecule has 1 aliphatic rings. The van der Waals surface area contributed by atoms with Crippen molar-refractivity contribution < 1.29 is 9.59 Å². The zero-order valence-corrected chi connectivity index (χ0v) is 15.8. The molecule has 2 aromatic heterocycles. The Bertz CT molecular complexity index is 756. The van der Waals surface area contributed by atoms with E-state index >= 15 is 0 Å². The molecule has 1 aliphatic heterocycles. The molecule has 1 atom stereocenters. The highest BCUT2D eigenvalue weighted by molar-refractivity contribution is 7.20. The van der Waals surface area contributed by atoms with Gasteiger partial charge in [-0.25, -0.2) is 4.98 Å². The van der Waals surface area contributed by atoms with Crippen LogP contribution in [0.4, 0.5) is 5.13 Å². The fourth-order valence-corrected chi connectivity index (χ4v) is 4.63. The summed E-state index contributed by atoms with van der Waals surface area (Å²) < 4.78 is 0.705. The van der Waals surface area contributed by atoms with Gasteiger partial charge in [0.1, 0.15) is 6.04 Å². The Morgan fingerprint density at radius 1 is 1.42 bits per heavy atom. The number of thiophene rings is 1. The van der Waals surface area contributed by atoms with E-state index in [1.54, 1.807) is 4.90 Å². The minimum absolute atomic E-state index is 0.0441. The Kier molecular flexibility index (Phi) is 5.22. The first-order valence-corrected chi connectivity index (χ1v) is 9.84. The van der Waals surface area contributed by atoms with E-state index in [2.05, 4.69) is 10.3 Å². The summed E-state index contributed by atoms with van der Waals surface area (Å²) in [4.78, 5) is 31.8. The highest BCUT2D eigenvalue weighted by atomic mass is 35.5. The van der Waals surface area contributed by atoms with Gasteiger partial charge in [0.15, 0.2) is 5.13 Å². The molecule has 3 rings (SSSR count). The van der Waals surface area contributed by atoms with Crippen LogP contribution in [0.5, 0.6) is 0 Å². The molecule has 0 radical (unpaired) electrons. The van der Waals surface area contributed by atoms with Crippen LogP contribution >= 0.6 is 34.3 Å². The van der Waals surface area contributed by atoms with Crippen LogP contribution < -0.4 is 5.32 Å². The van der Waals surface area contributed by atoms with Gasteiger partial charge < -0.3 is 10.2 Å². The largest absolute Gasteiger partial charge is 0.330 e. The first-order valence-electron chi connectivity index (χ1n) is 7.77. The van der Waals surface area contributed by atoms with Crippen LogP contribution in [0.1, 0.15) is 26.7 Å². The van der Waals surface area contributed by atoms with Crippen LogP contribution in [-0.4, -0.2) is 34.3 Å². The van der Waals surface area contributed by atoms with Crippen LogP contribution in [-0.2, 0) is 9.59 Å². The number of anilines is 1. The van der Waals surface area contributed by atoms with Gasteiger partial charge in [0, 0.05) is 18.3 Å². The molecule has 1 N–H and O–H groups in total. The average molecular weight is 384 g/mol. The van der Waals surface area contributed by atoms with Crippen LogP contribution in [0.25, 0.3) is 10.6 Å². The van der Waals surface area contributed by atoms with E-state index in [9.17, 15) is 9.59 Å². The molecule has 2 amide bonds. The molecule has 3 heterocycles. The molecule has 1 fully saturated rings. The van der Waals surface area contributed by atoms with Crippen molar-refractivity contribution in [2.24, 2.45) is 5.92 Å². The van der Waals surface area contributed by atoms with E-state index < -0.39 is 6.04 Å². The van der Waals surface area contributed by atoms with Crippen molar-refractivity contribution in [2.75, 3.05) is 11.9 Å². The fraction of sp³-hybridized carbons (Fsp3) is 0.438. The number of aromatic nitrogens is 1. The number of nitrogens with zero attached hydrogens (tertiary/aromatic N) is 2. The third-order valence-electron chi connectivity index (χ3n) is 3.91. The Hall–Kier alpha value is -1.44. The number of nitrogens with one attached hydrogen (secondary N) is 1. The lowest BCUT2D eigenvalue weighted by Crippen LogP contribution is -2.47. The summed E-state index contributed by atoms with van der Waals surface area (Å²) in [5, 5.41) is 5.29. The summed E-state index contributed by atoms with van der Waals surface area (Å²) in [6, 6.07) is 3.28. The summed E-state index contributed by atoms with van der Waals surface area (Å²) in [6.45, 7) is 4.56. The van der Waals surface area contributed by atoms with Gasteiger partial charge in [-0.15, -0.1) is 22.7 Å². The van der Waals surface area contributed by atoms with E-state index in [0.717, 1.165) is 17.0 Å². The number of carbonyl (C=O) groups is 2. The second-order valence-electron chi connectivity index (χ2n) is 6.01. The van der Waals surface area contributed by atoms with E-state index in [0.29, 0.717) is 22.4 Å². The summed E-state index contributed by atoms with van der Waals surface area (Å²) in [5.41, 5.74) is 0.797. The molecular weight excluding hydrogens is 366 g/mol. The van der Waals surface area contributed by atoms with Crippen molar-refractivity contribution in [3.8, 4) is 10.6 Å². The van der Waals surface area contributed by atoms with Crippen molar-refractivity contribution in [2.45, 2.75) is 32.7 Å². The lowest BCUT2D eigenvalue weighted by atomic mass is 10.0. The van der Waals surface area contributed by atoms with Crippen molar-refractivity contribution >= 4 is 51.2 Å². The molecule has 0 saturated carbocycles. The molecule has 0 spiro atoms. The topological polar surface area (TPSA) is 62.3 Å². The van der Waals surface area contributed by atoms with Gasteiger partial charge in [-0.1, -0.05) is 25.4 Å². The molecule has 1 unspecified atom stereocenters. The third kappa shape index (κ3) is 3.63. The van der Waals surface area contributed by atoms with Crippen molar-refractivity contribution in [3.63, 3.8) is 0 Å². The minimum Gasteiger partial charge on any atom is -0.330 e. The lowest BCUT2D eigenvalue weighted by Gasteiger charge is -2.29. The molecule has 0 aliphatic carbocycles. The van der Waals surface area contributed by atoms with E-state index in [-0.39, 0.29) is 17.7 Å². The van der Waals surface area contributed by atoms with Crippen LogP contribution in [0, 0.1) is 5.92 Å². The van der Waals surface area contributed by atoms with Crippen molar-refractivity contribution in [1.29, 1.82) is 0 Å². The summed E-state index contributed by atoms with van der Waals surface area (Å²) >= 11 is 8.77. The maximum absolute atomic E-state index is 12.7. The molecule has 128 valence electrons. The predicted molar refractivity (Wildman–Crippen MR) is 98.6 cm³/mol. The van der Waals surface area contributed by atoms with Gasteiger partial charge in [0.05, 0.1) is 14.9 Å². The van der Waals surface area contributed by atoms with Crippen LogP contribution in [0.15, 0.2) is 17.5 Å². The maximum atomic E-state index is 12.7. The number of hydrogen-bond acceptors (Lipinski definition) is 5. The molecular formula is C16H18ClN3O2S2. The van der Waals surface area contributed by atoms with Gasteiger partial charge >= 0.3 is 0 Å². The standard InChI is InChI=1S/C16H18ClN3O2S2/c1-9(2)14(20-7-3-4-13(20)21)15(22)19-16-18-10(8-23-16)11-5-6-12(17)24-11/h5-6,8-9,14H,3-4,7H2,1-2H3,(H,18,19,22). The number of likely N-dealkylation sites (tertiary alicyclic amines) is 1. The summed E-state index contributed by atoms with van der Waals surface area (Å²) in [7, 11) is 0. The highest BCUT2D eigenvalue weighted by Crippen LogP contribution is 2.33. The molecule has 0 bridgehead atoms. The normalized spacial score (nSPS) is 16.0. The third-order valence-corrected chi connectivity index (χ3v) is 5.92. The number of halogens is 1. The number of rotatable bonds is 5. The second kappa shape index (κ2) is 7.21. The second-order valence-corrected chi connectivity index (χ2v) is 8.58. The molecule has 5 nitrogen and oxygen atoms in total. The monoisotopic (exact) mass is 383 g/mol. The maximum Gasteiger partial charge on any atom is 0.249 e. The van der Waals surface area contributed by atoms with Gasteiger partial charge in [-0.3, -0.25) is 9.59 Å². The van der Waals surface area contributed by atoms with E-state index in [1.807, 2.05) is 31.4 Å². The zero-order valence-electron chi connectivity index (χ0n) is 13.4. The van der Waals surface area contributed by atoms with Crippen LogP contribution in [0.3, 0.4) is 0 Å². The van der Waals surface area contributed by atoms with E-state index in [1.165, 1.54) is 22.7 Å². The zero-order chi connectivity index (χ0) is 17.3. The summed E-state index contributed by atoms with van der Waals surface area (Å²) in [6.07, 6.45) is 1.34. The SMILES string of the molecule is CC(C)C(C(=O)Nc1nc(-c2ccc(Cl)s2)cs1)N1CCCC1=O. The van der Waals surface area contributed by atoms with Gasteiger partial charge in [0.25, 0.3) is 0 Å². The van der Waals surface area contributed by atoms with Crippen LogP contribution in [0.2, 0.25) is 4.34 Å². The minimum atomic E-state index is -0.455. The number of hydrogen-bond donors (Lipinski definition) is 1. The Balaban J connectivity index is 1.73. The Morgan fingerprint density at radius 3 is 2.79 bits per heavy atom. The van der Waals surface area contributed by atoms with E-state index in [4.69, 9.17) is 11.6 Å². The van der Waals surface area contributed by atoms with Gasteiger partial charge in [-0.2, -0.15) is 0 Å². The lowest BCUT2D eigenvalue weighted by molar-refractivity contribution is -0.136. The Labute approximate surface area is 153 Å². The molecule has 2 aromatic rings. The molecule has 8 heteroatoms. The predicted octanol–water partition coefficient (Wildman–Crippen LogP) is 4.11.